The fourth-order valence-electron chi connectivity index (χ4n) is 3.20. The van der Waals surface area contributed by atoms with E-state index in [2.05, 4.69) is 0 Å². The highest BCUT2D eigenvalue weighted by Crippen LogP contribution is 2.19. The predicted octanol–water partition coefficient (Wildman–Crippen LogP) is 1.33. The topological polar surface area (TPSA) is 109 Å². The summed E-state index contributed by atoms with van der Waals surface area (Å²) in [6.45, 7) is 0.777. The van der Waals surface area contributed by atoms with Gasteiger partial charge in [0.15, 0.2) is 19.7 Å². The Morgan fingerprint density at radius 3 is 1.73 bits per heavy atom. The standard InChI is InChI=1S/C20H22N2O6S2/c1-29(25,26)17-8-4-15(5-9-17)14-19(23)21-12-3-13-22(21)20(24)16-6-10-18(11-7-16)30(2,27)28/h4-11H,3,12-14H2,1-2H3. The van der Waals surface area contributed by atoms with Crippen LogP contribution in [0.25, 0.3) is 0 Å². The SMILES string of the molecule is CS(=O)(=O)c1ccc(CC(=O)N2CCCN2C(=O)c2ccc(S(C)(=O)=O)cc2)cc1. The summed E-state index contributed by atoms with van der Waals surface area (Å²) >= 11 is 0. The molecule has 2 aromatic rings. The number of amides is 2. The molecule has 8 nitrogen and oxygen atoms in total. The van der Waals surface area contributed by atoms with Gasteiger partial charge in [0.1, 0.15) is 0 Å². The summed E-state index contributed by atoms with van der Waals surface area (Å²) in [5.74, 6) is -0.658. The van der Waals surface area contributed by atoms with Crippen molar-refractivity contribution in [3.8, 4) is 0 Å². The number of hydrogen-bond acceptors (Lipinski definition) is 6. The van der Waals surface area contributed by atoms with E-state index in [0.717, 1.165) is 12.5 Å². The number of rotatable bonds is 5. The zero-order valence-electron chi connectivity index (χ0n) is 16.6. The number of sulfone groups is 2. The van der Waals surface area contributed by atoms with Crippen LogP contribution in [0.15, 0.2) is 58.3 Å². The van der Waals surface area contributed by atoms with Gasteiger partial charge in [-0.2, -0.15) is 0 Å². The fraction of sp³-hybridized carbons (Fsp3) is 0.300. The molecule has 10 heteroatoms. The van der Waals surface area contributed by atoms with E-state index in [-0.39, 0.29) is 28.0 Å². The van der Waals surface area contributed by atoms with Crippen LogP contribution in [0.2, 0.25) is 0 Å². The molecule has 0 aromatic heterocycles. The molecule has 160 valence electrons. The minimum Gasteiger partial charge on any atom is -0.273 e. The summed E-state index contributed by atoms with van der Waals surface area (Å²) < 4.78 is 46.3. The van der Waals surface area contributed by atoms with Crippen LogP contribution in [0.3, 0.4) is 0 Å². The molecule has 1 aliphatic heterocycles. The highest BCUT2D eigenvalue weighted by Gasteiger charge is 2.31. The third-order valence-electron chi connectivity index (χ3n) is 4.79. The smallest absolute Gasteiger partial charge is 0.272 e. The van der Waals surface area contributed by atoms with Gasteiger partial charge >= 0.3 is 0 Å². The van der Waals surface area contributed by atoms with E-state index >= 15 is 0 Å². The second-order valence-corrected chi connectivity index (χ2v) is 11.2. The Balaban J connectivity index is 1.73. The summed E-state index contributed by atoms with van der Waals surface area (Å²) in [5, 5.41) is 2.75. The number of hydrogen-bond donors (Lipinski definition) is 0. The van der Waals surface area contributed by atoms with Crippen LogP contribution in [-0.4, -0.2) is 64.3 Å². The third-order valence-corrected chi connectivity index (χ3v) is 7.05. The zero-order valence-corrected chi connectivity index (χ0v) is 18.2. The van der Waals surface area contributed by atoms with Crippen LogP contribution in [-0.2, 0) is 30.9 Å². The first kappa shape index (κ1) is 22.0. The van der Waals surface area contributed by atoms with Gasteiger partial charge in [0.2, 0.25) is 5.91 Å². The van der Waals surface area contributed by atoms with Crippen molar-refractivity contribution in [2.24, 2.45) is 0 Å². The highest BCUT2D eigenvalue weighted by atomic mass is 32.2. The van der Waals surface area contributed by atoms with Gasteiger partial charge in [0.05, 0.1) is 16.2 Å². The van der Waals surface area contributed by atoms with Crippen molar-refractivity contribution in [1.29, 1.82) is 0 Å². The molecule has 0 bridgehead atoms. The van der Waals surface area contributed by atoms with Gasteiger partial charge in [-0.05, 0) is 48.4 Å². The van der Waals surface area contributed by atoms with Crippen LogP contribution >= 0.6 is 0 Å². The molecular weight excluding hydrogens is 428 g/mol. The van der Waals surface area contributed by atoms with Crippen molar-refractivity contribution >= 4 is 31.5 Å². The first-order chi connectivity index (χ1) is 14.0. The second kappa shape index (κ2) is 8.19. The van der Waals surface area contributed by atoms with E-state index in [1.54, 1.807) is 12.1 Å². The molecule has 0 N–H and O–H groups in total. The number of hydrazine groups is 1. The van der Waals surface area contributed by atoms with E-state index in [4.69, 9.17) is 0 Å². The van der Waals surface area contributed by atoms with E-state index < -0.39 is 19.7 Å². The van der Waals surface area contributed by atoms with Crippen molar-refractivity contribution in [3.05, 3.63) is 59.7 Å². The lowest BCUT2D eigenvalue weighted by atomic mass is 10.1. The Labute approximate surface area is 175 Å². The van der Waals surface area contributed by atoms with E-state index in [1.807, 2.05) is 0 Å². The van der Waals surface area contributed by atoms with E-state index in [0.29, 0.717) is 30.6 Å². The van der Waals surface area contributed by atoms with Crippen molar-refractivity contribution < 1.29 is 26.4 Å². The third kappa shape index (κ3) is 4.88. The molecule has 0 unspecified atom stereocenters. The van der Waals surface area contributed by atoms with Gasteiger partial charge in [-0.25, -0.2) is 21.8 Å². The normalized spacial score (nSPS) is 14.7. The van der Waals surface area contributed by atoms with Gasteiger partial charge in [-0.3, -0.25) is 14.6 Å². The maximum Gasteiger partial charge on any atom is 0.272 e. The minimum absolute atomic E-state index is 0.0286. The number of benzene rings is 2. The lowest BCUT2D eigenvalue weighted by Gasteiger charge is -2.28. The average Bonchev–Trinajstić information content (AvgIpc) is 3.16. The molecule has 0 spiro atoms. The first-order valence-electron chi connectivity index (χ1n) is 9.18. The van der Waals surface area contributed by atoms with Crippen LogP contribution in [0.1, 0.15) is 22.3 Å². The molecule has 0 atom stereocenters. The monoisotopic (exact) mass is 450 g/mol. The van der Waals surface area contributed by atoms with Crippen molar-refractivity contribution in [2.45, 2.75) is 22.6 Å². The molecule has 0 radical (unpaired) electrons. The molecule has 0 aliphatic carbocycles. The van der Waals surface area contributed by atoms with E-state index in [9.17, 15) is 26.4 Å². The highest BCUT2D eigenvalue weighted by molar-refractivity contribution is 7.91. The van der Waals surface area contributed by atoms with E-state index in [1.165, 1.54) is 46.4 Å². The van der Waals surface area contributed by atoms with Gasteiger partial charge in [0.25, 0.3) is 5.91 Å². The van der Waals surface area contributed by atoms with Crippen LogP contribution in [0.5, 0.6) is 0 Å². The van der Waals surface area contributed by atoms with Crippen molar-refractivity contribution in [2.75, 3.05) is 25.6 Å². The first-order valence-corrected chi connectivity index (χ1v) is 13.0. The van der Waals surface area contributed by atoms with Crippen LogP contribution in [0.4, 0.5) is 0 Å². The summed E-state index contributed by atoms with van der Waals surface area (Å²) in [4.78, 5) is 25.9. The molecule has 30 heavy (non-hydrogen) atoms. The summed E-state index contributed by atoms with van der Waals surface area (Å²) in [5.41, 5.74) is 0.934. The van der Waals surface area contributed by atoms with Gasteiger partial charge in [-0.15, -0.1) is 0 Å². The Morgan fingerprint density at radius 1 is 0.767 bits per heavy atom. The molecule has 2 amide bonds. The number of carbonyl (C=O) groups is 2. The second-order valence-electron chi connectivity index (χ2n) is 7.19. The molecule has 0 saturated carbocycles. The largest absolute Gasteiger partial charge is 0.273 e. The van der Waals surface area contributed by atoms with Crippen LogP contribution in [0, 0.1) is 0 Å². The van der Waals surface area contributed by atoms with Crippen LogP contribution < -0.4 is 0 Å². The van der Waals surface area contributed by atoms with Crippen molar-refractivity contribution in [3.63, 3.8) is 0 Å². The Bertz CT molecular complexity index is 1170. The summed E-state index contributed by atoms with van der Waals surface area (Å²) in [6.07, 6.45) is 2.86. The molecule has 2 aromatic carbocycles. The quantitative estimate of drug-likeness (QED) is 0.680. The lowest BCUT2D eigenvalue weighted by molar-refractivity contribution is -0.139. The summed E-state index contributed by atoms with van der Waals surface area (Å²) in [7, 11) is -6.68. The van der Waals surface area contributed by atoms with Gasteiger partial charge in [0, 0.05) is 31.2 Å². The molecule has 3 rings (SSSR count). The maximum absolute atomic E-state index is 12.8. The van der Waals surface area contributed by atoms with Gasteiger partial charge in [-0.1, -0.05) is 12.1 Å². The Kier molecular flexibility index (Phi) is 6.00. The lowest BCUT2D eigenvalue weighted by Crippen LogP contribution is -2.45. The molecule has 1 aliphatic rings. The minimum atomic E-state index is -3.36. The Hall–Kier alpha value is -2.72. The molecular formula is C20H22N2O6S2. The van der Waals surface area contributed by atoms with Gasteiger partial charge < -0.3 is 0 Å². The Morgan fingerprint density at radius 2 is 1.23 bits per heavy atom. The predicted molar refractivity (Wildman–Crippen MR) is 110 cm³/mol. The summed E-state index contributed by atoms with van der Waals surface area (Å²) in [6, 6.07) is 11.7. The average molecular weight is 451 g/mol. The molecule has 1 fully saturated rings. The zero-order chi connectivity index (χ0) is 22.1. The van der Waals surface area contributed by atoms with Crippen molar-refractivity contribution in [1.82, 2.24) is 10.0 Å². The number of nitrogens with zero attached hydrogens (tertiary/aromatic N) is 2. The fourth-order valence-corrected chi connectivity index (χ4v) is 4.46. The maximum atomic E-state index is 12.8. The number of carbonyl (C=O) groups excluding carboxylic acids is 2. The molecule has 1 saturated heterocycles. The molecule has 1 heterocycles.